The molecule has 0 amide bonds. The Balaban J connectivity index is 2.09. The van der Waals surface area contributed by atoms with Gasteiger partial charge in [0, 0.05) is 23.0 Å². The molecule has 2 aromatic carbocycles. The molecular formula is C16H16BrClO2. The van der Waals surface area contributed by atoms with Crippen LogP contribution in [0.25, 0.3) is 0 Å². The molecule has 0 spiro atoms. The minimum Gasteiger partial charge on any atom is -0.388 e. The van der Waals surface area contributed by atoms with Crippen molar-refractivity contribution in [3.63, 3.8) is 0 Å². The Labute approximate surface area is 132 Å². The van der Waals surface area contributed by atoms with Crippen molar-refractivity contribution in [1.29, 1.82) is 0 Å². The summed E-state index contributed by atoms with van der Waals surface area (Å²) in [5, 5.41) is 10.9. The number of aliphatic hydroxyl groups is 1. The lowest BCUT2D eigenvalue weighted by molar-refractivity contribution is 0.177. The minimum absolute atomic E-state index is 0.496. The molecule has 106 valence electrons. The Morgan fingerprint density at radius 2 is 1.90 bits per heavy atom. The van der Waals surface area contributed by atoms with Crippen molar-refractivity contribution in [3.05, 3.63) is 68.7 Å². The van der Waals surface area contributed by atoms with Crippen LogP contribution < -0.4 is 0 Å². The van der Waals surface area contributed by atoms with Gasteiger partial charge in [0.2, 0.25) is 0 Å². The maximum atomic E-state index is 10.3. The first-order valence-corrected chi connectivity index (χ1v) is 7.47. The van der Waals surface area contributed by atoms with Crippen LogP contribution in [0.4, 0.5) is 0 Å². The van der Waals surface area contributed by atoms with Crippen LogP contribution in [-0.2, 0) is 17.8 Å². The second-order valence-electron chi connectivity index (χ2n) is 4.63. The number of methoxy groups -OCH3 is 1. The molecule has 1 N–H and O–H groups in total. The maximum Gasteiger partial charge on any atom is 0.0830 e. The fourth-order valence-corrected chi connectivity index (χ4v) is 2.77. The van der Waals surface area contributed by atoms with Gasteiger partial charge in [0.15, 0.2) is 0 Å². The van der Waals surface area contributed by atoms with E-state index in [0.29, 0.717) is 18.1 Å². The van der Waals surface area contributed by atoms with Gasteiger partial charge in [-0.15, -0.1) is 0 Å². The zero-order valence-corrected chi connectivity index (χ0v) is 13.5. The van der Waals surface area contributed by atoms with Crippen LogP contribution in [-0.4, -0.2) is 12.2 Å². The summed E-state index contributed by atoms with van der Waals surface area (Å²) in [5.74, 6) is 0. The van der Waals surface area contributed by atoms with Crippen LogP contribution in [0.2, 0.25) is 5.02 Å². The smallest absolute Gasteiger partial charge is 0.0830 e. The van der Waals surface area contributed by atoms with E-state index in [9.17, 15) is 5.11 Å². The zero-order valence-electron chi connectivity index (χ0n) is 11.1. The van der Waals surface area contributed by atoms with E-state index in [1.54, 1.807) is 7.11 Å². The second-order valence-corrected chi connectivity index (χ2v) is 5.95. The topological polar surface area (TPSA) is 29.5 Å². The summed E-state index contributed by atoms with van der Waals surface area (Å²) in [6.45, 7) is 0.578. The quantitative estimate of drug-likeness (QED) is 0.854. The number of ether oxygens (including phenoxy) is 1. The molecule has 0 fully saturated rings. The monoisotopic (exact) mass is 354 g/mol. The molecule has 0 saturated carbocycles. The fraction of sp³-hybridized carbons (Fsp3) is 0.250. The summed E-state index contributed by atoms with van der Waals surface area (Å²) in [4.78, 5) is 0. The van der Waals surface area contributed by atoms with Crippen molar-refractivity contribution in [2.24, 2.45) is 0 Å². The molecular weight excluding hydrogens is 340 g/mol. The van der Waals surface area contributed by atoms with Gasteiger partial charge >= 0.3 is 0 Å². The van der Waals surface area contributed by atoms with Crippen molar-refractivity contribution in [2.45, 2.75) is 19.1 Å². The zero-order chi connectivity index (χ0) is 14.5. The lowest BCUT2D eigenvalue weighted by Gasteiger charge is -2.13. The van der Waals surface area contributed by atoms with Crippen molar-refractivity contribution in [3.8, 4) is 0 Å². The first-order chi connectivity index (χ1) is 9.60. The molecule has 2 aromatic rings. The highest BCUT2D eigenvalue weighted by Crippen LogP contribution is 2.26. The van der Waals surface area contributed by atoms with E-state index in [-0.39, 0.29) is 0 Å². The number of aliphatic hydroxyl groups excluding tert-OH is 1. The van der Waals surface area contributed by atoms with Gasteiger partial charge < -0.3 is 9.84 Å². The van der Waals surface area contributed by atoms with E-state index in [1.165, 1.54) is 0 Å². The van der Waals surface area contributed by atoms with Crippen LogP contribution in [0.15, 0.2) is 46.9 Å². The molecule has 0 radical (unpaired) electrons. The number of halogens is 2. The lowest BCUT2D eigenvalue weighted by Crippen LogP contribution is -2.02. The molecule has 4 heteroatoms. The van der Waals surface area contributed by atoms with Gasteiger partial charge in [-0.1, -0.05) is 57.9 Å². The Bertz CT molecular complexity index is 569. The first kappa shape index (κ1) is 15.5. The first-order valence-electron chi connectivity index (χ1n) is 6.30. The molecule has 0 aliphatic rings. The van der Waals surface area contributed by atoms with Gasteiger partial charge in [-0.25, -0.2) is 0 Å². The van der Waals surface area contributed by atoms with Crippen LogP contribution >= 0.6 is 27.5 Å². The van der Waals surface area contributed by atoms with Gasteiger partial charge in [0.25, 0.3) is 0 Å². The second kappa shape index (κ2) is 7.23. The number of benzene rings is 2. The molecule has 0 aliphatic heterocycles. The SMILES string of the molecule is COCc1ccc(C(O)Cc2ccc(Br)cc2Cl)cc1. The number of hydrogen-bond donors (Lipinski definition) is 1. The Hall–Kier alpha value is -0.870. The Kier molecular flexibility index (Phi) is 5.61. The largest absolute Gasteiger partial charge is 0.388 e. The number of hydrogen-bond acceptors (Lipinski definition) is 2. The molecule has 2 rings (SSSR count). The van der Waals surface area contributed by atoms with Gasteiger partial charge in [-0.05, 0) is 28.8 Å². The van der Waals surface area contributed by atoms with Gasteiger partial charge in [-0.3, -0.25) is 0 Å². The van der Waals surface area contributed by atoms with Crippen LogP contribution in [0.1, 0.15) is 22.8 Å². The van der Waals surface area contributed by atoms with Crippen molar-refractivity contribution < 1.29 is 9.84 Å². The highest BCUT2D eigenvalue weighted by atomic mass is 79.9. The van der Waals surface area contributed by atoms with Crippen LogP contribution in [0, 0.1) is 0 Å². The molecule has 1 atom stereocenters. The highest BCUT2D eigenvalue weighted by molar-refractivity contribution is 9.10. The van der Waals surface area contributed by atoms with E-state index in [0.717, 1.165) is 21.2 Å². The van der Waals surface area contributed by atoms with Gasteiger partial charge in [-0.2, -0.15) is 0 Å². The third-order valence-corrected chi connectivity index (χ3v) is 3.95. The standard InChI is InChI=1S/C16H16BrClO2/c1-20-10-11-2-4-12(5-3-11)16(19)8-13-6-7-14(17)9-15(13)18/h2-7,9,16,19H,8,10H2,1H3. The Morgan fingerprint density at radius 1 is 1.20 bits per heavy atom. The average molecular weight is 356 g/mol. The lowest BCUT2D eigenvalue weighted by atomic mass is 10.0. The van der Waals surface area contributed by atoms with Gasteiger partial charge in [0.1, 0.15) is 0 Å². The van der Waals surface area contributed by atoms with E-state index in [1.807, 2.05) is 42.5 Å². The Morgan fingerprint density at radius 3 is 2.50 bits per heavy atom. The van der Waals surface area contributed by atoms with E-state index in [2.05, 4.69) is 15.9 Å². The predicted octanol–water partition coefficient (Wildman–Crippen LogP) is 4.53. The van der Waals surface area contributed by atoms with Gasteiger partial charge in [0.05, 0.1) is 12.7 Å². The molecule has 2 nitrogen and oxygen atoms in total. The summed E-state index contributed by atoms with van der Waals surface area (Å²) in [6, 6.07) is 13.5. The van der Waals surface area contributed by atoms with E-state index >= 15 is 0 Å². The normalized spacial score (nSPS) is 12.4. The maximum absolute atomic E-state index is 10.3. The summed E-state index contributed by atoms with van der Waals surface area (Å²) in [5.41, 5.74) is 2.90. The third kappa shape index (κ3) is 4.06. The van der Waals surface area contributed by atoms with E-state index < -0.39 is 6.10 Å². The van der Waals surface area contributed by atoms with Crippen LogP contribution in [0.3, 0.4) is 0 Å². The summed E-state index contributed by atoms with van der Waals surface area (Å²) in [6.07, 6.45) is -0.0688. The molecule has 0 aromatic heterocycles. The molecule has 0 bridgehead atoms. The molecule has 20 heavy (non-hydrogen) atoms. The van der Waals surface area contributed by atoms with Crippen molar-refractivity contribution in [1.82, 2.24) is 0 Å². The van der Waals surface area contributed by atoms with Crippen molar-refractivity contribution >= 4 is 27.5 Å². The number of rotatable bonds is 5. The van der Waals surface area contributed by atoms with Crippen molar-refractivity contribution in [2.75, 3.05) is 7.11 Å². The molecule has 0 aliphatic carbocycles. The molecule has 1 unspecified atom stereocenters. The summed E-state index contributed by atoms with van der Waals surface area (Å²) < 4.78 is 6.00. The highest BCUT2D eigenvalue weighted by Gasteiger charge is 2.11. The minimum atomic E-state index is -0.565. The molecule has 0 heterocycles. The summed E-state index contributed by atoms with van der Waals surface area (Å²) >= 11 is 9.54. The average Bonchev–Trinajstić information content (AvgIpc) is 2.43. The summed E-state index contributed by atoms with van der Waals surface area (Å²) in [7, 11) is 1.66. The third-order valence-electron chi connectivity index (χ3n) is 3.10. The molecule has 0 saturated heterocycles. The van der Waals surface area contributed by atoms with E-state index in [4.69, 9.17) is 16.3 Å². The van der Waals surface area contributed by atoms with Crippen LogP contribution in [0.5, 0.6) is 0 Å². The fourth-order valence-electron chi connectivity index (χ4n) is 2.02. The predicted molar refractivity (Wildman–Crippen MR) is 85.0 cm³/mol.